The van der Waals surface area contributed by atoms with E-state index in [0.29, 0.717) is 0 Å². The van der Waals surface area contributed by atoms with E-state index in [4.69, 9.17) is 0 Å². The van der Waals surface area contributed by atoms with Gasteiger partial charge in [-0.2, -0.15) is 0 Å². The number of hydrogen-bond acceptors (Lipinski definition) is 2. The molecule has 2 heteroatoms. The van der Waals surface area contributed by atoms with Crippen molar-refractivity contribution in [1.82, 2.24) is 0 Å². The highest BCUT2D eigenvalue weighted by Crippen LogP contribution is 2.27. The quantitative estimate of drug-likeness (QED) is 0.649. The van der Waals surface area contributed by atoms with Gasteiger partial charge in [0.1, 0.15) is 5.76 Å². The summed E-state index contributed by atoms with van der Waals surface area (Å²) in [6, 6.07) is 0. The number of rotatable bonds is 1. The number of carbonyl (C=O) groups is 1. The van der Waals surface area contributed by atoms with Crippen LogP contribution in [0.15, 0.2) is 23.0 Å². The van der Waals surface area contributed by atoms with E-state index in [1.54, 1.807) is 6.08 Å². The monoisotopic (exact) mass is 166 g/mol. The first-order valence-electron chi connectivity index (χ1n) is 4.13. The molecule has 1 unspecified atom stereocenters. The Hall–Kier alpha value is -1.05. The molecular weight excluding hydrogens is 152 g/mol. The van der Waals surface area contributed by atoms with Crippen molar-refractivity contribution in [2.75, 3.05) is 0 Å². The van der Waals surface area contributed by atoms with Crippen LogP contribution in [0.1, 0.15) is 27.2 Å². The molecule has 1 aliphatic carbocycles. The Labute approximate surface area is 72.6 Å². The normalized spacial score (nSPS) is 23.9. The van der Waals surface area contributed by atoms with Gasteiger partial charge in [-0.25, -0.2) is 0 Å². The van der Waals surface area contributed by atoms with Gasteiger partial charge in [-0.1, -0.05) is 6.92 Å². The molecule has 0 saturated carbocycles. The number of ketones is 1. The van der Waals surface area contributed by atoms with Crippen molar-refractivity contribution < 1.29 is 9.90 Å². The predicted octanol–water partition coefficient (Wildman–Crippen LogP) is 2.37. The molecule has 0 aliphatic heterocycles. The Morgan fingerprint density at radius 1 is 1.67 bits per heavy atom. The van der Waals surface area contributed by atoms with Gasteiger partial charge in [0.15, 0.2) is 5.78 Å². The first-order valence-corrected chi connectivity index (χ1v) is 4.13. The highest BCUT2D eigenvalue weighted by Gasteiger charge is 2.19. The van der Waals surface area contributed by atoms with Crippen LogP contribution in [0, 0.1) is 5.92 Å². The Balaban J connectivity index is 3.01. The second-order valence-electron chi connectivity index (χ2n) is 3.43. The van der Waals surface area contributed by atoms with Crippen LogP contribution < -0.4 is 0 Å². The molecule has 0 radical (unpaired) electrons. The zero-order valence-corrected chi connectivity index (χ0v) is 7.72. The lowest BCUT2D eigenvalue weighted by Crippen LogP contribution is -2.12. The third kappa shape index (κ3) is 1.58. The van der Waals surface area contributed by atoms with Crippen LogP contribution in [0.2, 0.25) is 0 Å². The molecule has 2 nitrogen and oxygen atoms in total. The van der Waals surface area contributed by atoms with Gasteiger partial charge >= 0.3 is 0 Å². The summed E-state index contributed by atoms with van der Waals surface area (Å²) in [5, 5.41) is 9.37. The fraction of sp³-hybridized carbons (Fsp3) is 0.500. The Morgan fingerprint density at radius 2 is 2.25 bits per heavy atom. The Bertz CT molecular complexity index is 272. The van der Waals surface area contributed by atoms with E-state index in [-0.39, 0.29) is 17.5 Å². The molecule has 12 heavy (non-hydrogen) atoms. The lowest BCUT2D eigenvalue weighted by atomic mass is 9.86. The maximum Gasteiger partial charge on any atom is 0.156 e. The Kier molecular flexibility index (Phi) is 2.36. The summed E-state index contributed by atoms with van der Waals surface area (Å²) in [7, 11) is 0. The highest BCUT2D eigenvalue weighted by molar-refractivity contribution is 5.94. The lowest BCUT2D eigenvalue weighted by Gasteiger charge is -2.19. The molecule has 0 spiro atoms. The summed E-state index contributed by atoms with van der Waals surface area (Å²) in [5.74, 6) is 0.568. The van der Waals surface area contributed by atoms with Crippen LogP contribution in [0.5, 0.6) is 0 Å². The van der Waals surface area contributed by atoms with Crippen molar-refractivity contribution in [1.29, 1.82) is 0 Å². The molecule has 0 heterocycles. The van der Waals surface area contributed by atoms with Crippen LogP contribution in [0.4, 0.5) is 0 Å². The number of aliphatic hydroxyl groups is 1. The predicted molar refractivity (Wildman–Crippen MR) is 47.9 cm³/mol. The SMILES string of the molecule is CC(=O)C1=CC(O)=C(C)CC1C. The topological polar surface area (TPSA) is 37.3 Å². The molecule has 0 amide bonds. The van der Waals surface area contributed by atoms with Gasteiger partial charge in [0.2, 0.25) is 0 Å². The maximum atomic E-state index is 11.1. The van der Waals surface area contributed by atoms with Crippen LogP contribution in [0.3, 0.4) is 0 Å². The lowest BCUT2D eigenvalue weighted by molar-refractivity contribution is -0.114. The standard InChI is InChI=1S/C10H14O2/c1-6-4-7(2)10(12)5-9(6)8(3)11/h5-6,12H,4H2,1-3H3. The molecule has 0 saturated heterocycles. The van der Waals surface area contributed by atoms with Crippen LogP contribution in [-0.2, 0) is 4.79 Å². The van der Waals surface area contributed by atoms with Crippen LogP contribution >= 0.6 is 0 Å². The fourth-order valence-electron chi connectivity index (χ4n) is 1.54. The van der Waals surface area contributed by atoms with Crippen molar-refractivity contribution in [3.63, 3.8) is 0 Å². The Morgan fingerprint density at radius 3 is 2.75 bits per heavy atom. The largest absolute Gasteiger partial charge is 0.508 e. The van der Waals surface area contributed by atoms with Crippen molar-refractivity contribution in [2.45, 2.75) is 27.2 Å². The van der Waals surface area contributed by atoms with Crippen molar-refractivity contribution in [2.24, 2.45) is 5.92 Å². The van der Waals surface area contributed by atoms with Gasteiger partial charge in [0.25, 0.3) is 0 Å². The average Bonchev–Trinajstić information content (AvgIpc) is 1.96. The zero-order chi connectivity index (χ0) is 9.30. The van der Waals surface area contributed by atoms with E-state index in [1.807, 2.05) is 13.8 Å². The molecule has 1 aliphatic rings. The third-order valence-corrected chi connectivity index (χ3v) is 2.28. The third-order valence-electron chi connectivity index (χ3n) is 2.28. The molecule has 0 aromatic carbocycles. The summed E-state index contributed by atoms with van der Waals surface area (Å²) in [6.45, 7) is 5.43. The zero-order valence-electron chi connectivity index (χ0n) is 7.72. The van der Waals surface area contributed by atoms with E-state index in [2.05, 4.69) is 0 Å². The van der Waals surface area contributed by atoms with Gasteiger partial charge in [0.05, 0.1) is 0 Å². The van der Waals surface area contributed by atoms with E-state index in [9.17, 15) is 9.90 Å². The summed E-state index contributed by atoms with van der Waals surface area (Å²) >= 11 is 0. The molecule has 0 bridgehead atoms. The van der Waals surface area contributed by atoms with Gasteiger partial charge in [-0.05, 0) is 37.8 Å². The number of hydrogen-bond donors (Lipinski definition) is 1. The van der Waals surface area contributed by atoms with Crippen LogP contribution in [-0.4, -0.2) is 10.9 Å². The van der Waals surface area contributed by atoms with Gasteiger partial charge in [-0.15, -0.1) is 0 Å². The number of allylic oxidation sites excluding steroid dienone is 3. The summed E-state index contributed by atoms with van der Waals surface area (Å²) in [5.41, 5.74) is 1.70. The summed E-state index contributed by atoms with van der Waals surface area (Å²) < 4.78 is 0. The van der Waals surface area contributed by atoms with Gasteiger partial charge in [-0.3, -0.25) is 4.79 Å². The maximum absolute atomic E-state index is 11.1. The summed E-state index contributed by atoms with van der Waals surface area (Å²) in [4.78, 5) is 11.1. The van der Waals surface area contributed by atoms with E-state index in [0.717, 1.165) is 17.6 Å². The molecule has 1 rings (SSSR count). The van der Waals surface area contributed by atoms with Crippen LogP contribution in [0.25, 0.3) is 0 Å². The van der Waals surface area contributed by atoms with Gasteiger partial charge in [0, 0.05) is 5.57 Å². The van der Waals surface area contributed by atoms with E-state index in [1.165, 1.54) is 6.92 Å². The smallest absolute Gasteiger partial charge is 0.156 e. The first kappa shape index (κ1) is 9.04. The molecule has 0 fully saturated rings. The molecule has 66 valence electrons. The molecule has 0 aromatic rings. The molecule has 0 aromatic heterocycles. The van der Waals surface area contributed by atoms with Crippen molar-refractivity contribution in [3.05, 3.63) is 23.0 Å². The molecule has 1 N–H and O–H groups in total. The van der Waals surface area contributed by atoms with E-state index >= 15 is 0 Å². The van der Waals surface area contributed by atoms with Crippen molar-refractivity contribution in [3.8, 4) is 0 Å². The number of aliphatic hydroxyl groups excluding tert-OH is 1. The average molecular weight is 166 g/mol. The second kappa shape index (κ2) is 3.13. The number of Topliss-reactive ketones (excluding diaryl/α,β-unsaturated/α-hetero) is 1. The second-order valence-corrected chi connectivity index (χ2v) is 3.43. The summed E-state index contributed by atoms with van der Waals surface area (Å²) in [6.07, 6.45) is 2.38. The number of carbonyl (C=O) groups excluding carboxylic acids is 1. The molecular formula is C10H14O2. The minimum absolute atomic E-state index is 0.0570. The fourth-order valence-corrected chi connectivity index (χ4v) is 1.54. The van der Waals surface area contributed by atoms with E-state index < -0.39 is 0 Å². The molecule has 1 atom stereocenters. The highest BCUT2D eigenvalue weighted by atomic mass is 16.3. The van der Waals surface area contributed by atoms with Crippen molar-refractivity contribution >= 4 is 5.78 Å². The minimum atomic E-state index is 0.0570. The van der Waals surface area contributed by atoms with Gasteiger partial charge < -0.3 is 5.11 Å². The first-order chi connectivity index (χ1) is 5.52. The minimum Gasteiger partial charge on any atom is -0.508 e.